The summed E-state index contributed by atoms with van der Waals surface area (Å²) in [6, 6.07) is 0.273. The van der Waals surface area contributed by atoms with E-state index in [1.54, 1.807) is 14.0 Å². The van der Waals surface area contributed by atoms with E-state index in [1.165, 1.54) is 0 Å². The molecule has 0 amide bonds. The minimum absolute atomic E-state index is 0.204. The van der Waals surface area contributed by atoms with Crippen LogP contribution >= 0.6 is 0 Å². The Labute approximate surface area is 112 Å². The molecule has 2 saturated heterocycles. The Hall–Kier alpha value is -1.17. The second-order valence-corrected chi connectivity index (χ2v) is 5.28. The lowest BCUT2D eigenvalue weighted by molar-refractivity contribution is 0.104. The van der Waals surface area contributed by atoms with Gasteiger partial charge in [-0.1, -0.05) is 0 Å². The number of allylic oxidation sites excluding steroid dienone is 1. The molecule has 0 unspecified atom stereocenters. The summed E-state index contributed by atoms with van der Waals surface area (Å²) in [5.41, 5.74) is 0.0320. The van der Waals surface area contributed by atoms with E-state index in [2.05, 4.69) is 15.2 Å². The molecule has 2 atom stereocenters. The van der Waals surface area contributed by atoms with Crippen molar-refractivity contribution in [1.29, 1.82) is 0 Å². The van der Waals surface area contributed by atoms with Crippen LogP contribution in [0.15, 0.2) is 17.0 Å². The lowest BCUT2D eigenvalue weighted by Crippen LogP contribution is -2.44. The molecule has 0 aromatic heterocycles. The number of hydrogen-bond acceptors (Lipinski definition) is 3. The fourth-order valence-corrected chi connectivity index (χ4v) is 3.00. The van der Waals surface area contributed by atoms with Crippen LogP contribution < -0.4 is 5.32 Å². The zero-order valence-electron chi connectivity index (χ0n) is 11.5. The third-order valence-corrected chi connectivity index (χ3v) is 3.89. The van der Waals surface area contributed by atoms with Crippen LogP contribution in [0.5, 0.6) is 0 Å². The number of aliphatic imine (C=N–C) groups is 1. The molecule has 0 bridgehead atoms. The molecule has 0 saturated carbocycles. The molecule has 2 rings (SSSR count). The number of nitrogens with one attached hydrogen (secondary N) is 1. The van der Waals surface area contributed by atoms with Crippen molar-refractivity contribution in [3.63, 3.8) is 0 Å². The standard InChI is InChI=1S/C13H21F2N3O/c1-10(7-14)17-12(16-2)19-9-13-4-3-5-18(13)8-11(15)6-13/h7,11H,3-6,8-9H2,1-2H3,(H,16,17)/b10-7-/t11-,13+/m1/s1. The van der Waals surface area contributed by atoms with Gasteiger partial charge in [0.25, 0.3) is 6.02 Å². The highest BCUT2D eigenvalue weighted by Crippen LogP contribution is 2.40. The maximum Gasteiger partial charge on any atom is 0.289 e. The molecule has 108 valence electrons. The van der Waals surface area contributed by atoms with Gasteiger partial charge in [0.1, 0.15) is 19.1 Å². The van der Waals surface area contributed by atoms with Gasteiger partial charge in [0.2, 0.25) is 0 Å². The van der Waals surface area contributed by atoms with Gasteiger partial charge in [0.05, 0.1) is 11.2 Å². The zero-order chi connectivity index (χ0) is 13.9. The second kappa shape index (κ2) is 5.86. The molecule has 2 aliphatic rings. The molecule has 0 radical (unpaired) electrons. The van der Waals surface area contributed by atoms with Crippen LogP contribution in [-0.4, -0.2) is 49.4 Å². The van der Waals surface area contributed by atoms with Crippen molar-refractivity contribution in [2.75, 3.05) is 26.7 Å². The Balaban J connectivity index is 1.99. The van der Waals surface area contributed by atoms with Gasteiger partial charge in [-0.15, -0.1) is 0 Å². The Morgan fingerprint density at radius 2 is 2.42 bits per heavy atom. The summed E-state index contributed by atoms with van der Waals surface area (Å²) in [7, 11) is 1.67. The number of amidine groups is 1. The first-order valence-electron chi connectivity index (χ1n) is 6.65. The Morgan fingerprint density at radius 1 is 1.63 bits per heavy atom. The Kier molecular flexibility index (Phi) is 4.39. The summed E-state index contributed by atoms with van der Waals surface area (Å²) < 4.78 is 31.5. The van der Waals surface area contributed by atoms with Gasteiger partial charge >= 0.3 is 0 Å². The molecule has 2 heterocycles. The van der Waals surface area contributed by atoms with Crippen molar-refractivity contribution < 1.29 is 13.5 Å². The first-order valence-corrected chi connectivity index (χ1v) is 6.65. The van der Waals surface area contributed by atoms with Crippen LogP contribution in [0.1, 0.15) is 26.2 Å². The number of nitrogens with zero attached hydrogens (tertiary/aromatic N) is 2. The second-order valence-electron chi connectivity index (χ2n) is 5.28. The average molecular weight is 273 g/mol. The molecule has 1 N–H and O–H groups in total. The number of fused-ring (bicyclic) bond motifs is 1. The summed E-state index contributed by atoms with van der Waals surface area (Å²) in [4.78, 5) is 6.13. The van der Waals surface area contributed by atoms with Crippen LogP contribution in [0.25, 0.3) is 0 Å². The molecule has 2 fully saturated rings. The predicted octanol–water partition coefficient (Wildman–Crippen LogP) is 1.99. The average Bonchev–Trinajstić information content (AvgIpc) is 2.89. The molecule has 0 aliphatic carbocycles. The SMILES string of the molecule is CN/C(=N\C(C)=C/F)OC[C@@]12CCCN1C[C@H](F)C2. The first-order chi connectivity index (χ1) is 9.09. The predicted molar refractivity (Wildman–Crippen MR) is 70.4 cm³/mol. The lowest BCUT2D eigenvalue weighted by Gasteiger charge is -2.31. The molecule has 0 spiro atoms. The van der Waals surface area contributed by atoms with Crippen molar-refractivity contribution in [3.8, 4) is 0 Å². The quantitative estimate of drug-likeness (QED) is 0.631. The van der Waals surface area contributed by atoms with Gasteiger partial charge in [0.15, 0.2) is 0 Å². The van der Waals surface area contributed by atoms with E-state index >= 15 is 0 Å². The van der Waals surface area contributed by atoms with Gasteiger partial charge < -0.3 is 10.1 Å². The fourth-order valence-electron chi connectivity index (χ4n) is 3.00. The van der Waals surface area contributed by atoms with E-state index in [0.717, 1.165) is 19.4 Å². The van der Waals surface area contributed by atoms with Gasteiger partial charge in [0, 0.05) is 20.0 Å². The van der Waals surface area contributed by atoms with Crippen LogP contribution in [-0.2, 0) is 4.74 Å². The van der Waals surface area contributed by atoms with Crippen molar-refractivity contribution in [3.05, 3.63) is 12.0 Å². The highest BCUT2D eigenvalue weighted by molar-refractivity contribution is 5.74. The molecule has 0 aromatic rings. The molecular formula is C13H21F2N3O. The molecule has 0 aromatic carbocycles. The van der Waals surface area contributed by atoms with E-state index in [-0.39, 0.29) is 17.3 Å². The molecule has 4 nitrogen and oxygen atoms in total. The van der Waals surface area contributed by atoms with Crippen molar-refractivity contribution in [2.24, 2.45) is 4.99 Å². The monoisotopic (exact) mass is 273 g/mol. The van der Waals surface area contributed by atoms with Crippen LogP contribution in [0.4, 0.5) is 8.78 Å². The minimum Gasteiger partial charge on any atom is -0.463 e. The van der Waals surface area contributed by atoms with Gasteiger partial charge in [-0.3, -0.25) is 4.90 Å². The van der Waals surface area contributed by atoms with Gasteiger partial charge in [-0.2, -0.15) is 0 Å². The third kappa shape index (κ3) is 3.05. The van der Waals surface area contributed by atoms with E-state index < -0.39 is 6.17 Å². The molecule has 6 heteroatoms. The largest absolute Gasteiger partial charge is 0.463 e. The Bertz CT molecular complexity index is 386. The smallest absolute Gasteiger partial charge is 0.289 e. The van der Waals surface area contributed by atoms with E-state index in [0.29, 0.717) is 25.9 Å². The normalized spacial score (nSPS) is 32.5. The number of halogens is 2. The Morgan fingerprint density at radius 3 is 3.11 bits per heavy atom. The summed E-state index contributed by atoms with van der Waals surface area (Å²) >= 11 is 0. The highest BCUT2D eigenvalue weighted by atomic mass is 19.1. The van der Waals surface area contributed by atoms with Crippen LogP contribution in [0.2, 0.25) is 0 Å². The number of ether oxygens (including phenoxy) is 1. The van der Waals surface area contributed by atoms with Gasteiger partial charge in [-0.25, -0.2) is 13.8 Å². The fraction of sp³-hybridized carbons (Fsp3) is 0.769. The van der Waals surface area contributed by atoms with Crippen LogP contribution in [0, 0.1) is 0 Å². The van der Waals surface area contributed by atoms with E-state index in [9.17, 15) is 8.78 Å². The van der Waals surface area contributed by atoms with Crippen LogP contribution in [0.3, 0.4) is 0 Å². The topological polar surface area (TPSA) is 36.9 Å². The highest BCUT2D eigenvalue weighted by Gasteiger charge is 2.49. The van der Waals surface area contributed by atoms with E-state index in [4.69, 9.17) is 4.74 Å². The summed E-state index contributed by atoms with van der Waals surface area (Å²) in [6.45, 7) is 3.37. The molecule has 2 aliphatic heterocycles. The number of hydrogen-bond donors (Lipinski definition) is 1. The van der Waals surface area contributed by atoms with Crippen molar-refractivity contribution >= 4 is 6.02 Å². The third-order valence-electron chi connectivity index (χ3n) is 3.89. The lowest BCUT2D eigenvalue weighted by atomic mass is 9.95. The van der Waals surface area contributed by atoms with Crippen molar-refractivity contribution in [1.82, 2.24) is 10.2 Å². The molecular weight excluding hydrogens is 252 g/mol. The summed E-state index contributed by atoms with van der Waals surface area (Å²) in [5, 5.41) is 2.79. The first kappa shape index (κ1) is 14.2. The maximum absolute atomic E-state index is 13.6. The van der Waals surface area contributed by atoms with Crippen molar-refractivity contribution in [2.45, 2.75) is 37.9 Å². The van der Waals surface area contributed by atoms with E-state index in [1.807, 2.05) is 0 Å². The summed E-state index contributed by atoms with van der Waals surface area (Å²) in [5.74, 6) is 0. The maximum atomic E-state index is 13.6. The number of alkyl halides is 1. The summed E-state index contributed by atoms with van der Waals surface area (Å²) in [6.07, 6.45) is 2.19. The minimum atomic E-state index is -0.772. The number of rotatable bonds is 3. The zero-order valence-corrected chi connectivity index (χ0v) is 11.5. The molecule has 19 heavy (non-hydrogen) atoms. The van der Waals surface area contributed by atoms with Gasteiger partial charge in [-0.05, 0) is 26.3 Å².